The van der Waals surface area contributed by atoms with Crippen molar-refractivity contribution in [2.45, 2.75) is 6.42 Å². The first-order valence-corrected chi connectivity index (χ1v) is 6.77. The van der Waals surface area contributed by atoms with Crippen LogP contribution < -0.4 is 0 Å². The number of aryl methyl sites for hydroxylation is 1. The Balaban J connectivity index is 1.93. The first-order chi connectivity index (χ1) is 9.70. The Morgan fingerprint density at radius 1 is 1.30 bits per heavy atom. The Morgan fingerprint density at radius 3 is 2.80 bits per heavy atom. The van der Waals surface area contributed by atoms with Gasteiger partial charge in [-0.25, -0.2) is 4.79 Å². The van der Waals surface area contributed by atoms with Gasteiger partial charge in [0.1, 0.15) is 0 Å². The van der Waals surface area contributed by atoms with Crippen molar-refractivity contribution in [1.82, 2.24) is 9.47 Å². The van der Waals surface area contributed by atoms with Crippen molar-refractivity contribution in [3.63, 3.8) is 0 Å². The molecule has 3 rings (SSSR count). The minimum Gasteiger partial charge on any atom is -0.453 e. The molecular formula is C16H18N2O2. The fourth-order valence-electron chi connectivity index (χ4n) is 2.81. The van der Waals surface area contributed by atoms with Crippen molar-refractivity contribution < 1.29 is 9.53 Å². The summed E-state index contributed by atoms with van der Waals surface area (Å²) in [7, 11) is 3.49. The van der Waals surface area contributed by atoms with Crippen LogP contribution in [0.15, 0.2) is 36.5 Å². The number of fused-ring (bicyclic) bond motifs is 1. The number of rotatable bonds is 1. The molecule has 0 radical (unpaired) electrons. The van der Waals surface area contributed by atoms with E-state index >= 15 is 0 Å². The second-order valence-electron chi connectivity index (χ2n) is 5.07. The molecule has 4 nitrogen and oxygen atoms in total. The number of methoxy groups -OCH3 is 1. The summed E-state index contributed by atoms with van der Waals surface area (Å²) in [5, 5.41) is 1.27. The monoisotopic (exact) mass is 270 g/mol. The predicted octanol–water partition coefficient (Wildman–Crippen LogP) is 3.03. The number of carbonyl (C=O) groups is 1. The van der Waals surface area contributed by atoms with Gasteiger partial charge in [0.2, 0.25) is 0 Å². The van der Waals surface area contributed by atoms with Gasteiger partial charge in [-0.15, -0.1) is 0 Å². The number of hydrogen-bond acceptors (Lipinski definition) is 2. The van der Waals surface area contributed by atoms with E-state index in [1.165, 1.54) is 29.1 Å². The lowest BCUT2D eigenvalue weighted by Crippen LogP contribution is -2.34. The Labute approximate surface area is 118 Å². The standard InChI is InChI=1S/C16H18N2O2/c1-17-11-14(13-5-3-4-6-15(13)17)12-7-9-18(10-8-12)16(19)20-2/h3-7,11H,8-10H2,1-2H3. The predicted molar refractivity (Wildman–Crippen MR) is 79.5 cm³/mol. The summed E-state index contributed by atoms with van der Waals surface area (Å²) >= 11 is 0. The number of hydrogen-bond donors (Lipinski definition) is 0. The normalized spacial score (nSPS) is 15.3. The molecule has 104 valence electrons. The first kappa shape index (κ1) is 12.8. The molecule has 0 spiro atoms. The fraction of sp³-hybridized carbons (Fsp3) is 0.312. The molecule has 0 unspecified atom stereocenters. The molecule has 20 heavy (non-hydrogen) atoms. The smallest absolute Gasteiger partial charge is 0.409 e. The summed E-state index contributed by atoms with van der Waals surface area (Å²) in [5.41, 5.74) is 3.81. The SMILES string of the molecule is COC(=O)N1CC=C(c2cn(C)c3ccccc23)CC1. The summed E-state index contributed by atoms with van der Waals surface area (Å²) < 4.78 is 6.91. The van der Waals surface area contributed by atoms with Crippen molar-refractivity contribution in [3.8, 4) is 0 Å². The van der Waals surface area contributed by atoms with Crippen molar-refractivity contribution in [2.75, 3.05) is 20.2 Å². The molecule has 0 saturated carbocycles. The molecule has 4 heteroatoms. The first-order valence-electron chi connectivity index (χ1n) is 6.77. The van der Waals surface area contributed by atoms with Gasteiger partial charge in [-0.05, 0) is 18.1 Å². The third kappa shape index (κ3) is 2.07. The summed E-state index contributed by atoms with van der Waals surface area (Å²) in [5.74, 6) is 0. The molecule has 1 amide bonds. The maximum Gasteiger partial charge on any atom is 0.409 e. The number of ether oxygens (including phenoxy) is 1. The van der Waals surface area contributed by atoms with Gasteiger partial charge in [-0.3, -0.25) is 0 Å². The second kappa shape index (κ2) is 5.04. The van der Waals surface area contributed by atoms with E-state index in [-0.39, 0.29) is 6.09 Å². The van der Waals surface area contributed by atoms with E-state index in [2.05, 4.69) is 48.2 Å². The topological polar surface area (TPSA) is 34.5 Å². The minimum absolute atomic E-state index is 0.252. The van der Waals surface area contributed by atoms with Crippen LogP contribution in [0.3, 0.4) is 0 Å². The van der Waals surface area contributed by atoms with Gasteiger partial charge in [-0.2, -0.15) is 0 Å². The molecule has 0 N–H and O–H groups in total. The highest BCUT2D eigenvalue weighted by Crippen LogP contribution is 2.30. The lowest BCUT2D eigenvalue weighted by Gasteiger charge is -2.25. The highest BCUT2D eigenvalue weighted by molar-refractivity contribution is 5.93. The zero-order valence-corrected chi connectivity index (χ0v) is 11.8. The molecule has 2 aromatic rings. The van der Waals surface area contributed by atoms with E-state index in [9.17, 15) is 4.79 Å². The third-order valence-corrected chi connectivity index (χ3v) is 3.88. The summed E-state index contributed by atoms with van der Waals surface area (Å²) in [6, 6.07) is 8.40. The van der Waals surface area contributed by atoms with E-state index in [0.29, 0.717) is 13.1 Å². The molecule has 2 heterocycles. The van der Waals surface area contributed by atoms with Crippen LogP contribution in [-0.4, -0.2) is 35.8 Å². The van der Waals surface area contributed by atoms with Crippen LogP contribution in [0.4, 0.5) is 4.79 Å². The molecule has 1 aliphatic rings. The van der Waals surface area contributed by atoms with E-state index in [0.717, 1.165) is 6.42 Å². The van der Waals surface area contributed by atoms with Crippen LogP contribution in [0.5, 0.6) is 0 Å². The summed E-state index contributed by atoms with van der Waals surface area (Å²) in [4.78, 5) is 13.2. The Kier molecular flexibility index (Phi) is 3.22. The highest BCUT2D eigenvalue weighted by atomic mass is 16.5. The molecule has 0 bridgehead atoms. The van der Waals surface area contributed by atoms with Crippen LogP contribution in [0.25, 0.3) is 16.5 Å². The lowest BCUT2D eigenvalue weighted by molar-refractivity contribution is 0.128. The average molecular weight is 270 g/mol. The Bertz CT molecular complexity index is 685. The van der Waals surface area contributed by atoms with Crippen LogP contribution in [0.2, 0.25) is 0 Å². The highest BCUT2D eigenvalue weighted by Gasteiger charge is 2.19. The van der Waals surface area contributed by atoms with Crippen molar-refractivity contribution >= 4 is 22.6 Å². The molecule has 1 aromatic carbocycles. The number of aromatic nitrogens is 1. The van der Waals surface area contributed by atoms with Gasteiger partial charge in [0.25, 0.3) is 0 Å². The number of nitrogens with zero attached hydrogens (tertiary/aromatic N) is 2. The maximum absolute atomic E-state index is 11.5. The largest absolute Gasteiger partial charge is 0.453 e. The average Bonchev–Trinajstić information content (AvgIpc) is 2.84. The van der Waals surface area contributed by atoms with Gasteiger partial charge in [0, 0.05) is 42.8 Å². The number of carbonyl (C=O) groups excluding carboxylic acids is 1. The second-order valence-corrected chi connectivity index (χ2v) is 5.07. The van der Waals surface area contributed by atoms with E-state index < -0.39 is 0 Å². The van der Waals surface area contributed by atoms with E-state index in [1.54, 1.807) is 4.90 Å². The molecular weight excluding hydrogens is 252 g/mol. The zero-order chi connectivity index (χ0) is 14.1. The minimum atomic E-state index is -0.252. The summed E-state index contributed by atoms with van der Waals surface area (Å²) in [6.45, 7) is 1.33. The number of benzene rings is 1. The van der Waals surface area contributed by atoms with E-state index in [4.69, 9.17) is 4.74 Å². The van der Waals surface area contributed by atoms with Crippen LogP contribution >= 0.6 is 0 Å². The van der Waals surface area contributed by atoms with E-state index in [1.807, 2.05) is 0 Å². The van der Waals surface area contributed by atoms with Gasteiger partial charge in [-0.1, -0.05) is 24.3 Å². The molecule has 0 aliphatic carbocycles. The lowest BCUT2D eigenvalue weighted by atomic mass is 9.99. The Hall–Kier alpha value is -2.23. The van der Waals surface area contributed by atoms with Gasteiger partial charge in [0.15, 0.2) is 0 Å². The van der Waals surface area contributed by atoms with Crippen molar-refractivity contribution in [1.29, 1.82) is 0 Å². The quantitative estimate of drug-likeness (QED) is 0.798. The molecule has 1 aromatic heterocycles. The van der Waals surface area contributed by atoms with Crippen molar-refractivity contribution in [3.05, 3.63) is 42.1 Å². The molecule has 1 aliphatic heterocycles. The van der Waals surface area contributed by atoms with Gasteiger partial charge in [0.05, 0.1) is 7.11 Å². The number of amides is 1. The van der Waals surface area contributed by atoms with Crippen LogP contribution in [-0.2, 0) is 11.8 Å². The molecule has 0 atom stereocenters. The maximum atomic E-state index is 11.5. The third-order valence-electron chi connectivity index (χ3n) is 3.88. The van der Waals surface area contributed by atoms with Gasteiger partial charge >= 0.3 is 6.09 Å². The number of para-hydroxylation sites is 1. The summed E-state index contributed by atoms with van der Waals surface area (Å²) in [6.07, 6.45) is 4.91. The van der Waals surface area contributed by atoms with Gasteiger partial charge < -0.3 is 14.2 Å². The van der Waals surface area contributed by atoms with Crippen LogP contribution in [0.1, 0.15) is 12.0 Å². The Morgan fingerprint density at radius 2 is 2.10 bits per heavy atom. The molecule has 0 saturated heterocycles. The molecule has 0 fully saturated rings. The van der Waals surface area contributed by atoms with Crippen LogP contribution in [0, 0.1) is 0 Å². The fourth-order valence-corrected chi connectivity index (χ4v) is 2.81. The zero-order valence-electron chi connectivity index (χ0n) is 11.8. The van der Waals surface area contributed by atoms with Crippen molar-refractivity contribution in [2.24, 2.45) is 7.05 Å².